The minimum atomic E-state index is 0.0463. The minimum Gasteiger partial charge on any atom is -0.516 e. The van der Waals surface area contributed by atoms with Crippen molar-refractivity contribution in [2.75, 3.05) is 0 Å². The standard InChI is InChI=1S/C6H8O/c1-3-6(2)4-5-7/h1,4-7H,2H3/b5-4-. The molecule has 0 radical (unpaired) electrons. The van der Waals surface area contributed by atoms with Gasteiger partial charge < -0.3 is 5.11 Å². The van der Waals surface area contributed by atoms with Crippen LogP contribution in [0.15, 0.2) is 12.3 Å². The van der Waals surface area contributed by atoms with Gasteiger partial charge in [-0.3, -0.25) is 0 Å². The molecule has 1 unspecified atom stereocenters. The summed E-state index contributed by atoms with van der Waals surface area (Å²) in [6.07, 6.45) is 7.45. The van der Waals surface area contributed by atoms with Crippen molar-refractivity contribution in [3.63, 3.8) is 0 Å². The Morgan fingerprint density at radius 3 is 2.57 bits per heavy atom. The van der Waals surface area contributed by atoms with E-state index in [0.717, 1.165) is 6.26 Å². The van der Waals surface area contributed by atoms with Crippen LogP contribution in [-0.4, -0.2) is 5.11 Å². The predicted octanol–water partition coefficient (Wildman–Crippen LogP) is 1.33. The van der Waals surface area contributed by atoms with Gasteiger partial charge in [0, 0.05) is 5.92 Å². The van der Waals surface area contributed by atoms with Crippen LogP contribution < -0.4 is 0 Å². The third-order valence-corrected chi connectivity index (χ3v) is 0.638. The Bertz CT molecular complexity index is 97.2. The van der Waals surface area contributed by atoms with E-state index < -0.39 is 0 Å². The fourth-order valence-corrected chi connectivity index (χ4v) is 0.185. The highest BCUT2D eigenvalue weighted by molar-refractivity contribution is 5.00. The zero-order valence-electron chi connectivity index (χ0n) is 4.26. The van der Waals surface area contributed by atoms with Crippen LogP contribution in [0.3, 0.4) is 0 Å². The first-order valence-electron chi connectivity index (χ1n) is 2.08. The van der Waals surface area contributed by atoms with Gasteiger partial charge in [-0.1, -0.05) is 5.92 Å². The topological polar surface area (TPSA) is 20.2 Å². The summed E-state index contributed by atoms with van der Waals surface area (Å²) in [4.78, 5) is 0. The molecule has 1 nitrogen and oxygen atoms in total. The SMILES string of the molecule is C#CC(C)/C=C\O. The molecule has 0 saturated heterocycles. The molecule has 1 heteroatoms. The van der Waals surface area contributed by atoms with E-state index in [4.69, 9.17) is 11.5 Å². The zero-order chi connectivity index (χ0) is 5.70. The van der Waals surface area contributed by atoms with E-state index in [1.165, 1.54) is 0 Å². The molecule has 0 saturated carbocycles. The van der Waals surface area contributed by atoms with Gasteiger partial charge in [0.05, 0.1) is 6.26 Å². The zero-order valence-corrected chi connectivity index (χ0v) is 4.26. The Labute approximate surface area is 43.7 Å². The lowest BCUT2D eigenvalue weighted by molar-refractivity contribution is 0.469. The third kappa shape index (κ3) is 2.92. The summed E-state index contributed by atoms with van der Waals surface area (Å²) < 4.78 is 0. The monoisotopic (exact) mass is 96.1 g/mol. The van der Waals surface area contributed by atoms with Gasteiger partial charge in [0.1, 0.15) is 0 Å². The molecule has 0 aliphatic heterocycles. The molecule has 7 heavy (non-hydrogen) atoms. The van der Waals surface area contributed by atoms with Gasteiger partial charge in [0.2, 0.25) is 0 Å². The number of hydrogen-bond donors (Lipinski definition) is 1. The number of aliphatic hydroxyl groups is 1. The maximum Gasteiger partial charge on any atom is 0.0764 e. The molecular weight excluding hydrogens is 88.1 g/mol. The van der Waals surface area contributed by atoms with Crippen molar-refractivity contribution in [1.82, 2.24) is 0 Å². The second kappa shape index (κ2) is 3.30. The molecule has 0 aromatic carbocycles. The highest BCUT2D eigenvalue weighted by Crippen LogP contribution is 1.90. The first-order valence-corrected chi connectivity index (χ1v) is 2.08. The normalized spacial score (nSPS) is 13.7. The molecule has 0 aliphatic rings. The van der Waals surface area contributed by atoms with Crippen molar-refractivity contribution in [2.45, 2.75) is 6.92 Å². The van der Waals surface area contributed by atoms with Crippen LogP contribution in [0.1, 0.15) is 6.92 Å². The molecule has 1 N–H and O–H groups in total. The van der Waals surface area contributed by atoms with E-state index in [1.54, 1.807) is 6.08 Å². The van der Waals surface area contributed by atoms with Crippen LogP contribution in [0.5, 0.6) is 0 Å². The second-order valence-electron chi connectivity index (χ2n) is 1.30. The maximum atomic E-state index is 8.09. The molecule has 0 bridgehead atoms. The Morgan fingerprint density at radius 2 is 2.43 bits per heavy atom. The summed E-state index contributed by atoms with van der Waals surface area (Å²) in [6, 6.07) is 0. The summed E-state index contributed by atoms with van der Waals surface area (Å²) in [7, 11) is 0. The summed E-state index contributed by atoms with van der Waals surface area (Å²) in [5.41, 5.74) is 0. The van der Waals surface area contributed by atoms with Crippen LogP contribution in [0.4, 0.5) is 0 Å². The fourth-order valence-electron chi connectivity index (χ4n) is 0.185. The molecule has 0 fully saturated rings. The summed E-state index contributed by atoms with van der Waals surface area (Å²) in [5.74, 6) is 2.47. The largest absolute Gasteiger partial charge is 0.516 e. The van der Waals surface area contributed by atoms with Gasteiger partial charge in [0.15, 0.2) is 0 Å². The molecule has 0 heterocycles. The van der Waals surface area contributed by atoms with Crippen LogP contribution in [0, 0.1) is 18.3 Å². The maximum absolute atomic E-state index is 8.09. The minimum absolute atomic E-state index is 0.0463. The summed E-state index contributed by atoms with van der Waals surface area (Å²) >= 11 is 0. The molecule has 0 aromatic heterocycles. The molecule has 0 aliphatic carbocycles. The van der Waals surface area contributed by atoms with Crippen molar-refractivity contribution >= 4 is 0 Å². The average Bonchev–Trinajstić information content (AvgIpc) is 1.68. The van der Waals surface area contributed by atoms with E-state index in [0.29, 0.717) is 0 Å². The van der Waals surface area contributed by atoms with Crippen molar-refractivity contribution in [2.24, 2.45) is 5.92 Å². The molecule has 1 atom stereocenters. The highest BCUT2D eigenvalue weighted by atomic mass is 16.2. The van der Waals surface area contributed by atoms with Crippen LogP contribution in [0.2, 0.25) is 0 Å². The highest BCUT2D eigenvalue weighted by Gasteiger charge is 1.82. The number of hydrogen-bond acceptors (Lipinski definition) is 1. The Hall–Kier alpha value is -0.900. The van der Waals surface area contributed by atoms with Gasteiger partial charge in [0.25, 0.3) is 0 Å². The summed E-state index contributed by atoms with van der Waals surface area (Å²) in [5, 5.41) is 8.09. The van der Waals surface area contributed by atoms with Crippen LogP contribution in [0.25, 0.3) is 0 Å². The van der Waals surface area contributed by atoms with E-state index in [2.05, 4.69) is 5.92 Å². The quantitative estimate of drug-likeness (QED) is 0.385. The lowest BCUT2D eigenvalue weighted by atomic mass is 10.2. The molecule has 0 rings (SSSR count). The molecule has 0 aromatic rings. The van der Waals surface area contributed by atoms with E-state index in [9.17, 15) is 0 Å². The fraction of sp³-hybridized carbons (Fsp3) is 0.333. The van der Waals surface area contributed by atoms with Gasteiger partial charge in [-0.25, -0.2) is 0 Å². The first-order chi connectivity index (χ1) is 3.31. The smallest absolute Gasteiger partial charge is 0.0764 e. The van der Waals surface area contributed by atoms with E-state index in [-0.39, 0.29) is 5.92 Å². The van der Waals surface area contributed by atoms with Crippen molar-refractivity contribution < 1.29 is 5.11 Å². The van der Waals surface area contributed by atoms with E-state index in [1.807, 2.05) is 6.92 Å². The third-order valence-electron chi connectivity index (χ3n) is 0.638. The molecular formula is C6H8O. The molecule has 38 valence electrons. The van der Waals surface area contributed by atoms with Crippen molar-refractivity contribution in [3.05, 3.63) is 12.3 Å². The van der Waals surface area contributed by atoms with Crippen molar-refractivity contribution in [3.8, 4) is 12.3 Å². The molecule has 0 spiro atoms. The predicted molar refractivity (Wildman–Crippen MR) is 29.8 cm³/mol. The number of allylic oxidation sites excluding steroid dienone is 1. The van der Waals surface area contributed by atoms with Gasteiger partial charge >= 0.3 is 0 Å². The lowest BCUT2D eigenvalue weighted by Crippen LogP contribution is -1.79. The number of rotatable bonds is 1. The number of aliphatic hydroxyl groups excluding tert-OH is 1. The van der Waals surface area contributed by atoms with E-state index >= 15 is 0 Å². The van der Waals surface area contributed by atoms with Crippen LogP contribution in [-0.2, 0) is 0 Å². The van der Waals surface area contributed by atoms with Crippen LogP contribution >= 0.6 is 0 Å². The van der Waals surface area contributed by atoms with Gasteiger partial charge in [-0.15, -0.1) is 6.42 Å². The Morgan fingerprint density at radius 1 is 1.86 bits per heavy atom. The van der Waals surface area contributed by atoms with Gasteiger partial charge in [-0.2, -0.15) is 0 Å². The summed E-state index contributed by atoms with van der Waals surface area (Å²) in [6.45, 7) is 1.83. The Kier molecular flexibility index (Phi) is 2.87. The molecule has 0 amide bonds. The number of terminal acetylenes is 1. The second-order valence-corrected chi connectivity index (χ2v) is 1.30. The first kappa shape index (κ1) is 6.10. The van der Waals surface area contributed by atoms with Crippen molar-refractivity contribution in [1.29, 1.82) is 0 Å². The lowest BCUT2D eigenvalue weighted by Gasteiger charge is -1.86. The van der Waals surface area contributed by atoms with Gasteiger partial charge in [-0.05, 0) is 13.0 Å². The Balaban J connectivity index is 3.42. The average molecular weight is 96.1 g/mol.